The molecule has 1 aliphatic rings. The summed E-state index contributed by atoms with van der Waals surface area (Å²) in [4.78, 5) is 16.1. The topological polar surface area (TPSA) is 29.5 Å². The zero-order chi connectivity index (χ0) is 13.9. The zero-order valence-electron chi connectivity index (χ0n) is 10.8. The maximum atomic E-state index is 12.4. The van der Waals surface area contributed by atoms with Gasteiger partial charge in [0.05, 0.1) is 18.1 Å². The second-order valence-corrected chi connectivity index (χ2v) is 6.10. The van der Waals surface area contributed by atoms with Crippen LogP contribution in [0, 0.1) is 0 Å². The lowest BCUT2D eigenvalue weighted by Crippen LogP contribution is -2.40. The van der Waals surface area contributed by atoms with E-state index >= 15 is 0 Å². The Morgan fingerprint density at radius 1 is 1.10 bits per heavy atom. The van der Waals surface area contributed by atoms with Gasteiger partial charge in [-0.2, -0.15) is 0 Å². The van der Waals surface area contributed by atoms with Gasteiger partial charge in [-0.05, 0) is 29.8 Å². The Bertz CT molecular complexity index is 603. The van der Waals surface area contributed by atoms with Crippen LogP contribution in [0.25, 0.3) is 10.4 Å². The van der Waals surface area contributed by atoms with Gasteiger partial charge in [-0.15, -0.1) is 11.3 Å². The number of nitrogens with zero attached hydrogens (tertiary/aromatic N) is 1. The minimum atomic E-state index is 0.0958. The van der Waals surface area contributed by atoms with Crippen molar-refractivity contribution in [3.05, 3.63) is 46.3 Å². The van der Waals surface area contributed by atoms with Crippen molar-refractivity contribution in [3.8, 4) is 10.4 Å². The normalized spacial score (nSPS) is 15.3. The number of ether oxygens (including phenoxy) is 1. The van der Waals surface area contributed by atoms with E-state index in [-0.39, 0.29) is 5.91 Å². The molecule has 2 aromatic rings. The SMILES string of the molecule is O=C(c1ccc(-c2ccc(Cl)cc2)s1)N1CCOCC1. The molecule has 0 aliphatic carbocycles. The highest BCUT2D eigenvalue weighted by molar-refractivity contribution is 7.17. The summed E-state index contributed by atoms with van der Waals surface area (Å²) < 4.78 is 5.27. The van der Waals surface area contributed by atoms with Crippen molar-refractivity contribution in [3.63, 3.8) is 0 Å². The highest BCUT2D eigenvalue weighted by Gasteiger charge is 2.20. The predicted molar refractivity (Wildman–Crippen MR) is 81.5 cm³/mol. The molecular weight excluding hydrogens is 294 g/mol. The summed E-state index contributed by atoms with van der Waals surface area (Å²) >= 11 is 7.41. The molecule has 1 aliphatic heterocycles. The summed E-state index contributed by atoms with van der Waals surface area (Å²) in [6, 6.07) is 11.5. The van der Waals surface area contributed by atoms with E-state index in [2.05, 4.69) is 0 Å². The third kappa shape index (κ3) is 2.87. The second-order valence-electron chi connectivity index (χ2n) is 4.58. The summed E-state index contributed by atoms with van der Waals surface area (Å²) in [7, 11) is 0. The molecule has 1 amide bonds. The Labute approximate surface area is 126 Å². The van der Waals surface area contributed by atoms with Crippen molar-refractivity contribution >= 4 is 28.8 Å². The minimum absolute atomic E-state index is 0.0958. The molecule has 3 nitrogen and oxygen atoms in total. The van der Waals surface area contributed by atoms with Gasteiger partial charge in [0.25, 0.3) is 5.91 Å². The van der Waals surface area contributed by atoms with Gasteiger partial charge < -0.3 is 9.64 Å². The van der Waals surface area contributed by atoms with Gasteiger partial charge in [-0.1, -0.05) is 23.7 Å². The molecule has 20 heavy (non-hydrogen) atoms. The van der Waals surface area contributed by atoms with Crippen molar-refractivity contribution in [2.24, 2.45) is 0 Å². The van der Waals surface area contributed by atoms with Crippen LogP contribution in [0.2, 0.25) is 5.02 Å². The molecule has 0 spiro atoms. The average Bonchev–Trinajstić information content (AvgIpc) is 2.98. The molecule has 1 aromatic heterocycles. The predicted octanol–water partition coefficient (Wildman–Crippen LogP) is 3.54. The Morgan fingerprint density at radius 3 is 2.50 bits per heavy atom. The van der Waals surface area contributed by atoms with E-state index in [9.17, 15) is 4.79 Å². The van der Waals surface area contributed by atoms with E-state index in [4.69, 9.17) is 16.3 Å². The first-order valence-electron chi connectivity index (χ1n) is 6.47. The first-order chi connectivity index (χ1) is 9.74. The van der Waals surface area contributed by atoms with Crippen LogP contribution in [0.3, 0.4) is 0 Å². The van der Waals surface area contributed by atoms with E-state index in [1.807, 2.05) is 41.3 Å². The monoisotopic (exact) mass is 307 g/mol. The number of halogens is 1. The zero-order valence-corrected chi connectivity index (χ0v) is 12.4. The van der Waals surface area contributed by atoms with Crippen LogP contribution < -0.4 is 0 Å². The Hall–Kier alpha value is -1.36. The fraction of sp³-hybridized carbons (Fsp3) is 0.267. The van der Waals surface area contributed by atoms with Gasteiger partial charge in [0.2, 0.25) is 0 Å². The van der Waals surface area contributed by atoms with Gasteiger partial charge in [-0.25, -0.2) is 0 Å². The number of rotatable bonds is 2. The fourth-order valence-electron chi connectivity index (χ4n) is 2.14. The Balaban J connectivity index is 1.79. The van der Waals surface area contributed by atoms with E-state index in [0.717, 1.165) is 20.3 Å². The number of carbonyl (C=O) groups is 1. The molecule has 0 N–H and O–H groups in total. The van der Waals surface area contributed by atoms with Crippen LogP contribution in [0.15, 0.2) is 36.4 Å². The van der Waals surface area contributed by atoms with Crippen LogP contribution in [0.1, 0.15) is 9.67 Å². The van der Waals surface area contributed by atoms with E-state index < -0.39 is 0 Å². The molecule has 3 rings (SSSR count). The summed E-state index contributed by atoms with van der Waals surface area (Å²) in [5.41, 5.74) is 1.08. The third-order valence-corrected chi connectivity index (χ3v) is 4.62. The Morgan fingerprint density at radius 2 is 1.80 bits per heavy atom. The molecule has 1 aromatic carbocycles. The molecule has 0 unspecified atom stereocenters. The molecule has 0 saturated carbocycles. The quantitative estimate of drug-likeness (QED) is 0.849. The number of morpholine rings is 1. The van der Waals surface area contributed by atoms with Crippen LogP contribution in [0.4, 0.5) is 0 Å². The van der Waals surface area contributed by atoms with Crippen molar-refractivity contribution in [1.29, 1.82) is 0 Å². The van der Waals surface area contributed by atoms with Crippen LogP contribution in [-0.2, 0) is 4.74 Å². The van der Waals surface area contributed by atoms with Gasteiger partial charge in [-0.3, -0.25) is 4.79 Å². The maximum Gasteiger partial charge on any atom is 0.264 e. The first kappa shape index (κ1) is 13.6. The van der Waals surface area contributed by atoms with Crippen LogP contribution in [0.5, 0.6) is 0 Å². The second kappa shape index (κ2) is 5.95. The first-order valence-corrected chi connectivity index (χ1v) is 7.66. The molecular formula is C15H14ClNO2S. The van der Waals surface area contributed by atoms with Gasteiger partial charge >= 0.3 is 0 Å². The summed E-state index contributed by atoms with van der Waals surface area (Å²) in [6.45, 7) is 2.60. The summed E-state index contributed by atoms with van der Waals surface area (Å²) in [6.07, 6.45) is 0. The number of amides is 1. The minimum Gasteiger partial charge on any atom is -0.378 e. The summed E-state index contributed by atoms with van der Waals surface area (Å²) in [5.74, 6) is 0.0958. The number of thiophene rings is 1. The number of hydrogen-bond donors (Lipinski definition) is 0. The van der Waals surface area contributed by atoms with Gasteiger partial charge in [0.15, 0.2) is 0 Å². The third-order valence-electron chi connectivity index (χ3n) is 3.24. The van der Waals surface area contributed by atoms with Crippen molar-refractivity contribution < 1.29 is 9.53 Å². The highest BCUT2D eigenvalue weighted by Crippen LogP contribution is 2.29. The largest absolute Gasteiger partial charge is 0.378 e. The van der Waals surface area contributed by atoms with E-state index in [1.165, 1.54) is 11.3 Å². The molecule has 2 heterocycles. The summed E-state index contributed by atoms with van der Waals surface area (Å²) in [5, 5.41) is 0.718. The number of carbonyl (C=O) groups excluding carboxylic acids is 1. The molecule has 1 saturated heterocycles. The lowest BCUT2D eigenvalue weighted by atomic mass is 10.2. The van der Waals surface area contributed by atoms with Gasteiger partial charge in [0, 0.05) is 23.0 Å². The molecule has 0 radical (unpaired) electrons. The van der Waals surface area contributed by atoms with Gasteiger partial charge in [0.1, 0.15) is 0 Å². The van der Waals surface area contributed by atoms with E-state index in [1.54, 1.807) is 0 Å². The number of benzene rings is 1. The van der Waals surface area contributed by atoms with E-state index in [0.29, 0.717) is 26.3 Å². The standard InChI is InChI=1S/C15H14ClNO2S/c16-12-3-1-11(2-4-12)13-5-6-14(20-13)15(18)17-7-9-19-10-8-17/h1-6H,7-10H2. The lowest BCUT2D eigenvalue weighted by Gasteiger charge is -2.26. The van der Waals surface area contributed by atoms with Crippen molar-refractivity contribution in [2.75, 3.05) is 26.3 Å². The van der Waals surface area contributed by atoms with Crippen molar-refractivity contribution in [2.45, 2.75) is 0 Å². The molecule has 0 bridgehead atoms. The highest BCUT2D eigenvalue weighted by atomic mass is 35.5. The molecule has 0 atom stereocenters. The molecule has 5 heteroatoms. The van der Waals surface area contributed by atoms with Crippen LogP contribution >= 0.6 is 22.9 Å². The smallest absolute Gasteiger partial charge is 0.264 e. The van der Waals surface area contributed by atoms with Crippen LogP contribution in [-0.4, -0.2) is 37.1 Å². The Kier molecular flexibility index (Phi) is 4.05. The lowest BCUT2D eigenvalue weighted by molar-refractivity contribution is 0.0306. The average molecular weight is 308 g/mol. The fourth-order valence-corrected chi connectivity index (χ4v) is 3.25. The molecule has 104 valence electrons. The maximum absolute atomic E-state index is 12.4. The van der Waals surface area contributed by atoms with Crippen molar-refractivity contribution in [1.82, 2.24) is 4.90 Å². The molecule has 1 fully saturated rings. The number of hydrogen-bond acceptors (Lipinski definition) is 3.